The number of nitrogens with one attached hydrogen (secondary N) is 1. The van der Waals surface area contributed by atoms with Crippen LogP contribution >= 0.6 is 23.2 Å². The SMILES string of the molecule is C.CCn1nnc2c(C)c(C(CC(=O)O)c3ccc4c(c3)CN(C(=O)c3ccccc3Cl)CC4)ccc21.CCn1nnc2c(C)c(C(CC(=O)OC)c3ccc4c(c3)CNCC4)ccc21.O=C(O)c1ccccc1Cl. The molecule has 0 saturated carbocycles. The Balaban J connectivity index is 0.000000186. The molecule has 0 saturated heterocycles. The first kappa shape index (κ1) is 55.3. The number of aromatic nitrogens is 6. The van der Waals surface area contributed by atoms with Gasteiger partial charge >= 0.3 is 17.9 Å². The van der Waals surface area contributed by atoms with Crippen LogP contribution in [0.1, 0.15) is 122 Å². The number of amides is 1. The predicted molar refractivity (Wildman–Crippen MR) is 292 cm³/mol. The standard InChI is InChI=1S/C28H27ClN4O3.C22H26N4O2.C7H5ClO2.CH4/c1-3-33-25-11-10-21(17(2)27(25)30-31-33)23(15-26(34)35)19-9-8-18-12-13-32(16-20(18)14-19)28(36)22-6-4-5-7-24(22)29;1-4-26-20-8-7-18(14(2)22(20)24-25-26)19(12-21(27)28-3)16-6-5-15-9-10-23-13-17(15)11-16;8-6-4-2-1-3-5(6)7(9)10;/h4-11,14,23H,3,12-13,15-16H2,1-2H3,(H,34,35);5-8,11,19,23H,4,9-10,12-13H2,1-3H3;1-4H,(H,9,10);1H4. The van der Waals surface area contributed by atoms with Gasteiger partial charge in [0, 0.05) is 44.6 Å². The van der Waals surface area contributed by atoms with E-state index in [9.17, 15) is 24.3 Å². The highest BCUT2D eigenvalue weighted by Gasteiger charge is 2.28. The van der Waals surface area contributed by atoms with Gasteiger partial charge in [0.05, 0.1) is 52.2 Å². The van der Waals surface area contributed by atoms with E-state index in [2.05, 4.69) is 82.3 Å². The lowest BCUT2D eigenvalue weighted by molar-refractivity contribution is -0.141. The number of carbonyl (C=O) groups is 4. The van der Waals surface area contributed by atoms with Crippen molar-refractivity contribution in [3.05, 3.63) is 186 Å². The van der Waals surface area contributed by atoms with Crippen molar-refractivity contribution >= 4 is 69.1 Å². The number of methoxy groups -OCH3 is 1. The quantitative estimate of drug-likeness (QED) is 0.0982. The summed E-state index contributed by atoms with van der Waals surface area (Å²) in [5, 5.41) is 39.6. The van der Waals surface area contributed by atoms with Crippen LogP contribution in [0.15, 0.2) is 109 Å². The van der Waals surface area contributed by atoms with Gasteiger partial charge in [0.25, 0.3) is 5.91 Å². The minimum absolute atomic E-state index is 0. The van der Waals surface area contributed by atoms with Gasteiger partial charge in [-0.25, -0.2) is 14.2 Å². The number of halogens is 2. The Kier molecular flexibility index (Phi) is 18.2. The van der Waals surface area contributed by atoms with Crippen molar-refractivity contribution in [3.63, 3.8) is 0 Å². The lowest BCUT2D eigenvalue weighted by atomic mass is 9.83. The van der Waals surface area contributed by atoms with Crippen molar-refractivity contribution in [2.24, 2.45) is 0 Å². The second-order valence-corrected chi connectivity index (χ2v) is 19.1. The van der Waals surface area contributed by atoms with Crippen LogP contribution in [0.3, 0.4) is 0 Å². The molecule has 2 aliphatic rings. The number of carboxylic acid groups (broad SMARTS) is 2. The van der Waals surface area contributed by atoms with E-state index in [-0.39, 0.29) is 48.1 Å². The summed E-state index contributed by atoms with van der Waals surface area (Å²) in [7, 11) is 1.44. The normalized spacial score (nSPS) is 13.5. The number of hydrogen-bond donors (Lipinski definition) is 3. The number of benzene rings is 6. The van der Waals surface area contributed by atoms with Gasteiger partial charge < -0.3 is 25.2 Å². The Morgan fingerprint density at radius 2 is 1.19 bits per heavy atom. The largest absolute Gasteiger partial charge is 0.481 e. The predicted octanol–water partition coefficient (Wildman–Crippen LogP) is 11.0. The zero-order valence-corrected chi connectivity index (χ0v) is 43.5. The highest BCUT2D eigenvalue weighted by molar-refractivity contribution is 6.34. The number of rotatable bonds is 12. The number of nitrogens with zero attached hydrogens (tertiary/aromatic N) is 7. The molecule has 15 nitrogen and oxygen atoms in total. The Labute approximate surface area is 446 Å². The second-order valence-electron chi connectivity index (χ2n) is 18.3. The molecule has 0 spiro atoms. The molecule has 2 aromatic heterocycles. The fourth-order valence-corrected chi connectivity index (χ4v) is 10.4. The highest BCUT2D eigenvalue weighted by atomic mass is 35.5. The molecule has 1 amide bonds. The van der Waals surface area contributed by atoms with Crippen molar-refractivity contribution in [2.45, 2.75) is 98.8 Å². The monoisotopic (exact) mass is 1050 g/mol. The summed E-state index contributed by atoms with van der Waals surface area (Å²) < 4.78 is 8.73. The maximum absolute atomic E-state index is 13.2. The maximum atomic E-state index is 13.2. The third kappa shape index (κ3) is 12.2. The van der Waals surface area contributed by atoms with Gasteiger partial charge in [-0.2, -0.15) is 0 Å². The van der Waals surface area contributed by atoms with E-state index in [0.29, 0.717) is 36.6 Å². The second kappa shape index (κ2) is 24.7. The van der Waals surface area contributed by atoms with Crippen LogP contribution in [0, 0.1) is 13.8 Å². The van der Waals surface area contributed by atoms with Gasteiger partial charge in [0.2, 0.25) is 0 Å². The number of esters is 1. The molecule has 75 heavy (non-hydrogen) atoms. The minimum Gasteiger partial charge on any atom is -0.481 e. The van der Waals surface area contributed by atoms with Gasteiger partial charge in [0.15, 0.2) is 0 Å². The number of fused-ring (bicyclic) bond motifs is 4. The molecule has 0 aliphatic carbocycles. The van der Waals surface area contributed by atoms with Crippen LogP contribution in [0.2, 0.25) is 10.0 Å². The lowest BCUT2D eigenvalue weighted by Crippen LogP contribution is -2.36. The molecule has 0 radical (unpaired) electrons. The number of aromatic carboxylic acids is 1. The summed E-state index contributed by atoms with van der Waals surface area (Å²) in [5.41, 5.74) is 15.3. The molecule has 6 aromatic carbocycles. The Bertz CT molecular complexity index is 3390. The van der Waals surface area contributed by atoms with Crippen molar-refractivity contribution in [2.75, 3.05) is 20.2 Å². The molecule has 8 aromatic rings. The number of aryl methyl sites for hydroxylation is 4. The number of carboxylic acids is 2. The highest BCUT2D eigenvalue weighted by Crippen LogP contribution is 2.37. The van der Waals surface area contributed by atoms with Crippen molar-refractivity contribution in [1.29, 1.82) is 0 Å². The molecule has 390 valence electrons. The van der Waals surface area contributed by atoms with Crippen LogP contribution in [0.4, 0.5) is 0 Å². The molecule has 2 atom stereocenters. The number of ether oxygens (including phenoxy) is 1. The summed E-state index contributed by atoms with van der Waals surface area (Å²) in [6.07, 6.45) is 2.04. The van der Waals surface area contributed by atoms with Gasteiger partial charge in [-0.05, 0) is 139 Å². The van der Waals surface area contributed by atoms with E-state index in [4.69, 9.17) is 33.0 Å². The summed E-state index contributed by atoms with van der Waals surface area (Å²) in [6.45, 7) is 12.5. The molecule has 4 heterocycles. The van der Waals surface area contributed by atoms with Gasteiger partial charge in [0.1, 0.15) is 11.0 Å². The summed E-state index contributed by atoms with van der Waals surface area (Å²) in [4.78, 5) is 49.4. The third-order valence-corrected chi connectivity index (χ3v) is 14.6. The fraction of sp³-hybridized carbons (Fsp3) is 0.310. The number of aliphatic carboxylic acids is 1. The van der Waals surface area contributed by atoms with Crippen molar-refractivity contribution < 1.29 is 34.1 Å². The Morgan fingerprint density at radius 3 is 1.69 bits per heavy atom. The first-order chi connectivity index (χ1) is 35.7. The maximum Gasteiger partial charge on any atom is 0.337 e. The molecular formula is C58H62Cl2N8O7. The van der Waals surface area contributed by atoms with E-state index >= 15 is 0 Å². The first-order valence-electron chi connectivity index (χ1n) is 24.6. The average Bonchev–Trinajstić information content (AvgIpc) is 4.06. The summed E-state index contributed by atoms with van der Waals surface area (Å²) >= 11 is 11.8. The Morgan fingerprint density at radius 1 is 0.667 bits per heavy atom. The van der Waals surface area contributed by atoms with Gasteiger partial charge in [-0.1, -0.05) is 114 Å². The first-order valence-corrected chi connectivity index (χ1v) is 25.4. The zero-order chi connectivity index (χ0) is 52.6. The van der Waals surface area contributed by atoms with Crippen LogP contribution in [-0.2, 0) is 53.3 Å². The fourth-order valence-electron chi connectivity index (χ4n) is 9.95. The van der Waals surface area contributed by atoms with Crippen LogP contribution in [0.5, 0.6) is 0 Å². The molecule has 3 N–H and O–H groups in total. The van der Waals surface area contributed by atoms with Crippen LogP contribution in [0.25, 0.3) is 22.1 Å². The van der Waals surface area contributed by atoms with Crippen molar-refractivity contribution in [1.82, 2.24) is 40.2 Å². The van der Waals surface area contributed by atoms with E-state index < -0.39 is 11.9 Å². The molecular weight excluding hydrogens is 992 g/mol. The van der Waals surface area contributed by atoms with Gasteiger partial charge in [-0.15, -0.1) is 10.2 Å². The van der Waals surface area contributed by atoms with Crippen molar-refractivity contribution in [3.8, 4) is 0 Å². The molecule has 17 heteroatoms. The van der Waals surface area contributed by atoms with E-state index in [1.165, 1.54) is 29.9 Å². The van der Waals surface area contributed by atoms with E-state index in [1.54, 1.807) is 35.2 Å². The molecule has 0 fully saturated rings. The molecule has 10 rings (SSSR count). The van der Waals surface area contributed by atoms with E-state index in [0.717, 1.165) is 93.5 Å². The minimum atomic E-state index is -0.995. The molecule has 2 unspecified atom stereocenters. The number of carbonyl (C=O) groups excluding carboxylic acids is 2. The third-order valence-electron chi connectivity index (χ3n) is 14.0. The zero-order valence-electron chi connectivity index (χ0n) is 41.9. The van der Waals surface area contributed by atoms with E-state index in [1.807, 2.05) is 53.5 Å². The van der Waals surface area contributed by atoms with Crippen LogP contribution < -0.4 is 5.32 Å². The average molecular weight is 1050 g/mol. The summed E-state index contributed by atoms with van der Waals surface area (Å²) in [5.74, 6) is -2.60. The topological polar surface area (TPSA) is 195 Å². The Hall–Kier alpha value is -7.46. The lowest BCUT2D eigenvalue weighted by Gasteiger charge is -2.30. The van der Waals surface area contributed by atoms with Crippen LogP contribution in [-0.4, -0.2) is 89.1 Å². The molecule has 0 bridgehead atoms. The summed E-state index contributed by atoms with van der Waals surface area (Å²) in [6, 6.07) is 34.3. The van der Waals surface area contributed by atoms with Gasteiger partial charge in [-0.3, -0.25) is 14.4 Å². The smallest absolute Gasteiger partial charge is 0.337 e. The number of hydrogen-bond acceptors (Lipinski definition) is 10. The molecule has 2 aliphatic heterocycles.